The second-order valence-corrected chi connectivity index (χ2v) is 5.92. The van der Waals surface area contributed by atoms with E-state index in [1.54, 1.807) is 31.0 Å². The number of carbonyl (C=O) groups excluding carboxylic acids is 2. The second kappa shape index (κ2) is 7.85. The molecule has 0 aliphatic carbocycles. The molecule has 6 nitrogen and oxygen atoms in total. The number of rotatable bonds is 3. The third-order valence-corrected chi connectivity index (χ3v) is 4.02. The molecule has 0 N–H and O–H groups in total. The highest BCUT2D eigenvalue weighted by molar-refractivity contribution is 5.79. The van der Waals surface area contributed by atoms with Crippen LogP contribution < -0.4 is 4.74 Å². The summed E-state index contributed by atoms with van der Waals surface area (Å²) in [7, 11) is 5.12. The van der Waals surface area contributed by atoms with E-state index in [1.807, 2.05) is 29.2 Å². The lowest BCUT2D eigenvalue weighted by atomic mass is 10.1. The highest BCUT2D eigenvalue weighted by Crippen LogP contribution is 2.13. The molecule has 1 aliphatic rings. The van der Waals surface area contributed by atoms with Gasteiger partial charge in [0.1, 0.15) is 5.75 Å². The predicted molar refractivity (Wildman–Crippen MR) is 88.6 cm³/mol. The molecule has 2 rings (SSSR count). The number of carbonyl (C=O) groups is 2. The molecule has 0 unspecified atom stereocenters. The Morgan fingerprint density at radius 2 is 1.65 bits per heavy atom. The minimum Gasteiger partial charge on any atom is -0.497 e. The maximum atomic E-state index is 12.5. The smallest absolute Gasteiger partial charge is 0.319 e. The lowest BCUT2D eigenvalue weighted by Crippen LogP contribution is -2.42. The van der Waals surface area contributed by atoms with Crippen molar-refractivity contribution >= 4 is 11.9 Å². The van der Waals surface area contributed by atoms with E-state index in [9.17, 15) is 9.59 Å². The molecular formula is C17H25N3O3. The molecule has 1 saturated heterocycles. The zero-order valence-electron chi connectivity index (χ0n) is 14.1. The van der Waals surface area contributed by atoms with Crippen LogP contribution in [0.3, 0.4) is 0 Å². The Labute approximate surface area is 137 Å². The zero-order chi connectivity index (χ0) is 16.8. The van der Waals surface area contributed by atoms with Crippen molar-refractivity contribution in [3.05, 3.63) is 29.8 Å². The van der Waals surface area contributed by atoms with Gasteiger partial charge in [0.15, 0.2) is 0 Å². The maximum Gasteiger partial charge on any atom is 0.319 e. The topological polar surface area (TPSA) is 53.1 Å². The molecule has 0 aromatic heterocycles. The van der Waals surface area contributed by atoms with E-state index < -0.39 is 0 Å². The Morgan fingerprint density at radius 3 is 2.26 bits per heavy atom. The first kappa shape index (κ1) is 17.1. The highest BCUT2D eigenvalue weighted by atomic mass is 16.5. The van der Waals surface area contributed by atoms with Crippen molar-refractivity contribution in [2.24, 2.45) is 0 Å². The fraction of sp³-hybridized carbons (Fsp3) is 0.529. The first-order valence-electron chi connectivity index (χ1n) is 7.88. The summed E-state index contributed by atoms with van der Waals surface area (Å²) in [5.74, 6) is 0.892. The second-order valence-electron chi connectivity index (χ2n) is 5.92. The largest absolute Gasteiger partial charge is 0.497 e. The molecule has 1 heterocycles. The van der Waals surface area contributed by atoms with Gasteiger partial charge < -0.3 is 19.4 Å². The van der Waals surface area contributed by atoms with Gasteiger partial charge >= 0.3 is 6.03 Å². The zero-order valence-corrected chi connectivity index (χ0v) is 14.1. The molecule has 126 valence electrons. The number of hydrogen-bond donors (Lipinski definition) is 0. The molecule has 0 saturated carbocycles. The van der Waals surface area contributed by atoms with Gasteiger partial charge in [-0.1, -0.05) is 12.1 Å². The number of benzene rings is 1. The van der Waals surface area contributed by atoms with Crippen molar-refractivity contribution in [3.63, 3.8) is 0 Å². The molecular weight excluding hydrogens is 294 g/mol. The van der Waals surface area contributed by atoms with Crippen molar-refractivity contribution in [2.75, 3.05) is 47.4 Å². The van der Waals surface area contributed by atoms with Crippen LogP contribution >= 0.6 is 0 Å². The standard InChI is InChI=1S/C17H25N3O3/c1-18(2)17(22)20-10-4-9-19(11-12-20)16(21)13-14-5-7-15(23-3)8-6-14/h5-8H,4,9-13H2,1-3H3. The van der Waals surface area contributed by atoms with Crippen molar-refractivity contribution in [2.45, 2.75) is 12.8 Å². The molecule has 0 bridgehead atoms. The van der Waals surface area contributed by atoms with Gasteiger partial charge in [0.05, 0.1) is 13.5 Å². The SMILES string of the molecule is COc1ccc(CC(=O)N2CCCN(C(=O)N(C)C)CC2)cc1. The van der Waals surface area contributed by atoms with E-state index in [1.165, 1.54) is 0 Å². The molecule has 1 aromatic rings. The summed E-state index contributed by atoms with van der Waals surface area (Å²) < 4.78 is 5.12. The van der Waals surface area contributed by atoms with E-state index in [4.69, 9.17) is 4.74 Å². The Hall–Kier alpha value is -2.24. The molecule has 0 atom stereocenters. The van der Waals surface area contributed by atoms with Gasteiger partial charge in [0.2, 0.25) is 5.91 Å². The summed E-state index contributed by atoms with van der Waals surface area (Å²) in [4.78, 5) is 29.7. The fourth-order valence-electron chi connectivity index (χ4n) is 2.67. The molecule has 1 aliphatic heterocycles. The fourth-order valence-corrected chi connectivity index (χ4v) is 2.67. The molecule has 0 spiro atoms. The Morgan fingerprint density at radius 1 is 1.04 bits per heavy atom. The van der Waals surface area contributed by atoms with Crippen LogP contribution in [0.5, 0.6) is 5.75 Å². The van der Waals surface area contributed by atoms with Crippen LogP contribution in [0.2, 0.25) is 0 Å². The number of urea groups is 1. The highest BCUT2D eigenvalue weighted by Gasteiger charge is 2.22. The van der Waals surface area contributed by atoms with Gasteiger partial charge in [0.25, 0.3) is 0 Å². The lowest BCUT2D eigenvalue weighted by Gasteiger charge is -2.25. The summed E-state index contributed by atoms with van der Waals surface area (Å²) in [6, 6.07) is 7.56. The van der Waals surface area contributed by atoms with E-state index in [2.05, 4.69) is 0 Å². The number of hydrogen-bond acceptors (Lipinski definition) is 3. The summed E-state index contributed by atoms with van der Waals surface area (Å²) >= 11 is 0. The summed E-state index contributed by atoms with van der Waals surface area (Å²) in [6.07, 6.45) is 1.19. The van der Waals surface area contributed by atoms with Gasteiger partial charge in [-0.3, -0.25) is 4.79 Å². The van der Waals surface area contributed by atoms with Crippen molar-refractivity contribution in [1.82, 2.24) is 14.7 Å². The van der Waals surface area contributed by atoms with Crippen LogP contribution in [0.1, 0.15) is 12.0 Å². The van der Waals surface area contributed by atoms with Crippen LogP contribution in [0, 0.1) is 0 Å². The number of ether oxygens (including phenoxy) is 1. The molecule has 1 aromatic carbocycles. The normalized spacial score (nSPS) is 15.1. The van der Waals surface area contributed by atoms with Gasteiger partial charge in [-0.25, -0.2) is 4.79 Å². The van der Waals surface area contributed by atoms with Gasteiger partial charge in [0, 0.05) is 40.3 Å². The number of amides is 3. The Kier molecular flexibility index (Phi) is 5.84. The van der Waals surface area contributed by atoms with Crippen LogP contribution in [-0.4, -0.2) is 74.0 Å². The number of methoxy groups -OCH3 is 1. The van der Waals surface area contributed by atoms with Gasteiger partial charge in [-0.15, -0.1) is 0 Å². The Balaban J connectivity index is 1.91. The molecule has 6 heteroatoms. The molecule has 0 radical (unpaired) electrons. The Bertz CT molecular complexity index is 543. The summed E-state index contributed by atoms with van der Waals surface area (Å²) in [5, 5.41) is 0. The van der Waals surface area contributed by atoms with Crippen LogP contribution in [0.4, 0.5) is 4.79 Å². The van der Waals surface area contributed by atoms with Crippen LogP contribution in [0.15, 0.2) is 24.3 Å². The minimum absolute atomic E-state index is 0.00875. The molecule has 1 fully saturated rings. The van der Waals surface area contributed by atoms with E-state index in [0.717, 1.165) is 17.7 Å². The van der Waals surface area contributed by atoms with Crippen molar-refractivity contribution < 1.29 is 14.3 Å². The molecule has 23 heavy (non-hydrogen) atoms. The van der Waals surface area contributed by atoms with Gasteiger partial charge in [-0.05, 0) is 24.1 Å². The third-order valence-electron chi connectivity index (χ3n) is 4.02. The monoisotopic (exact) mass is 319 g/mol. The first-order valence-corrected chi connectivity index (χ1v) is 7.88. The lowest BCUT2D eigenvalue weighted by molar-refractivity contribution is -0.130. The predicted octanol–water partition coefficient (Wildman–Crippen LogP) is 1.45. The van der Waals surface area contributed by atoms with E-state index in [0.29, 0.717) is 32.6 Å². The maximum absolute atomic E-state index is 12.5. The third kappa shape index (κ3) is 4.61. The summed E-state index contributed by atoms with van der Waals surface area (Å²) in [5.41, 5.74) is 0.973. The van der Waals surface area contributed by atoms with Crippen LogP contribution in [-0.2, 0) is 11.2 Å². The van der Waals surface area contributed by atoms with Crippen molar-refractivity contribution in [1.29, 1.82) is 0 Å². The summed E-state index contributed by atoms with van der Waals surface area (Å²) in [6.45, 7) is 2.58. The molecule has 3 amide bonds. The average molecular weight is 319 g/mol. The number of nitrogens with zero attached hydrogens (tertiary/aromatic N) is 3. The minimum atomic E-state index is 0.00875. The quantitative estimate of drug-likeness (QED) is 0.847. The average Bonchev–Trinajstić information content (AvgIpc) is 2.80. The van der Waals surface area contributed by atoms with Gasteiger partial charge in [-0.2, -0.15) is 0 Å². The van der Waals surface area contributed by atoms with Crippen LogP contribution in [0.25, 0.3) is 0 Å². The first-order chi connectivity index (χ1) is 11.0. The van der Waals surface area contributed by atoms with Crippen molar-refractivity contribution in [3.8, 4) is 5.75 Å². The van der Waals surface area contributed by atoms with E-state index in [-0.39, 0.29) is 11.9 Å². The van der Waals surface area contributed by atoms with E-state index >= 15 is 0 Å².